The molecule has 7 heteroatoms. The molecule has 0 aliphatic rings. The van der Waals surface area contributed by atoms with Crippen LogP contribution < -0.4 is 0 Å². The predicted octanol–water partition coefficient (Wildman–Crippen LogP) is 2.12. The van der Waals surface area contributed by atoms with Crippen LogP contribution in [0.4, 0.5) is 8.78 Å². The summed E-state index contributed by atoms with van der Waals surface area (Å²) in [5.41, 5.74) is 0. The van der Waals surface area contributed by atoms with Gasteiger partial charge in [0.05, 0.1) is 0 Å². The fraction of sp³-hybridized carbons (Fsp3) is 0.250. The van der Waals surface area contributed by atoms with Crippen molar-refractivity contribution in [3.8, 4) is 0 Å². The Labute approximate surface area is 70.4 Å². The molecule has 0 atom stereocenters. The van der Waals surface area contributed by atoms with Gasteiger partial charge in [-0.2, -0.15) is 15.0 Å². The Balaban J connectivity index is 3.08. The average molecular weight is 200 g/mol. The highest BCUT2D eigenvalue weighted by atomic mass is 35.5. The first-order valence-corrected chi connectivity index (χ1v) is 3.20. The van der Waals surface area contributed by atoms with Crippen LogP contribution in [0.3, 0.4) is 0 Å². The van der Waals surface area contributed by atoms with Crippen LogP contribution in [0.25, 0.3) is 0 Å². The van der Waals surface area contributed by atoms with E-state index in [9.17, 15) is 8.78 Å². The van der Waals surface area contributed by atoms with Gasteiger partial charge in [0.1, 0.15) is 0 Å². The van der Waals surface area contributed by atoms with E-state index in [2.05, 4.69) is 15.0 Å². The van der Waals surface area contributed by atoms with Crippen LogP contribution in [0.1, 0.15) is 12.2 Å². The van der Waals surface area contributed by atoms with Crippen LogP contribution in [-0.4, -0.2) is 15.0 Å². The fourth-order valence-corrected chi connectivity index (χ4v) is 0.814. The molecule has 0 radical (unpaired) electrons. The fourth-order valence-electron chi connectivity index (χ4n) is 0.438. The molecular formula is C4HCl2F2N3. The van der Waals surface area contributed by atoms with Gasteiger partial charge < -0.3 is 0 Å². The van der Waals surface area contributed by atoms with Gasteiger partial charge in [-0.25, -0.2) is 8.78 Å². The maximum absolute atomic E-state index is 11.9. The summed E-state index contributed by atoms with van der Waals surface area (Å²) in [6.45, 7) is 0. The standard InChI is InChI=1S/C4HCl2F2N3/c5-3-9-2(1(7)8)10-4(6)11-3/h1H. The zero-order valence-electron chi connectivity index (χ0n) is 4.93. The van der Waals surface area contributed by atoms with Crippen LogP contribution in [0.15, 0.2) is 0 Å². The molecule has 11 heavy (non-hydrogen) atoms. The van der Waals surface area contributed by atoms with E-state index >= 15 is 0 Å². The van der Waals surface area contributed by atoms with E-state index in [0.29, 0.717) is 0 Å². The molecular weight excluding hydrogens is 199 g/mol. The monoisotopic (exact) mass is 199 g/mol. The minimum absolute atomic E-state index is 0.333. The molecule has 60 valence electrons. The van der Waals surface area contributed by atoms with Crippen molar-refractivity contribution in [3.63, 3.8) is 0 Å². The van der Waals surface area contributed by atoms with Gasteiger partial charge in [-0.15, -0.1) is 0 Å². The van der Waals surface area contributed by atoms with Gasteiger partial charge in [-0.1, -0.05) is 0 Å². The highest BCUT2D eigenvalue weighted by molar-refractivity contribution is 6.30. The molecule has 0 saturated heterocycles. The summed E-state index contributed by atoms with van der Waals surface area (Å²) >= 11 is 10.4. The second-order valence-electron chi connectivity index (χ2n) is 1.53. The molecule has 0 aliphatic heterocycles. The normalized spacial score (nSPS) is 10.6. The van der Waals surface area contributed by atoms with Crippen molar-refractivity contribution < 1.29 is 8.78 Å². The van der Waals surface area contributed by atoms with Gasteiger partial charge in [-0.3, -0.25) is 0 Å². The van der Waals surface area contributed by atoms with Crippen molar-refractivity contribution in [1.29, 1.82) is 0 Å². The van der Waals surface area contributed by atoms with E-state index in [1.807, 2.05) is 0 Å². The minimum atomic E-state index is -2.78. The molecule has 0 fully saturated rings. The Morgan fingerprint density at radius 1 is 1.00 bits per heavy atom. The van der Waals surface area contributed by atoms with Crippen molar-refractivity contribution in [3.05, 3.63) is 16.4 Å². The van der Waals surface area contributed by atoms with Crippen molar-refractivity contribution in [2.75, 3.05) is 0 Å². The molecule has 0 N–H and O–H groups in total. The van der Waals surface area contributed by atoms with Gasteiger partial charge in [0.15, 0.2) is 0 Å². The summed E-state index contributed by atoms with van der Waals surface area (Å²) in [6, 6.07) is 0. The molecule has 0 bridgehead atoms. The van der Waals surface area contributed by atoms with Crippen LogP contribution in [0, 0.1) is 0 Å². The second-order valence-corrected chi connectivity index (χ2v) is 2.21. The molecule has 1 rings (SSSR count). The van der Waals surface area contributed by atoms with Crippen LogP contribution in [-0.2, 0) is 0 Å². The molecule has 0 aliphatic carbocycles. The third-order valence-electron chi connectivity index (χ3n) is 0.793. The molecule has 1 heterocycles. The number of nitrogens with zero attached hydrogens (tertiary/aromatic N) is 3. The average Bonchev–Trinajstić information content (AvgIpc) is 1.85. The van der Waals surface area contributed by atoms with Gasteiger partial charge >= 0.3 is 0 Å². The van der Waals surface area contributed by atoms with Crippen molar-refractivity contribution in [2.24, 2.45) is 0 Å². The van der Waals surface area contributed by atoms with E-state index in [-0.39, 0.29) is 10.6 Å². The lowest BCUT2D eigenvalue weighted by atomic mass is 10.6. The summed E-state index contributed by atoms with van der Waals surface area (Å²) in [4.78, 5) is 9.58. The lowest BCUT2D eigenvalue weighted by Crippen LogP contribution is -1.97. The molecule has 0 unspecified atom stereocenters. The van der Waals surface area contributed by atoms with E-state index < -0.39 is 12.2 Å². The van der Waals surface area contributed by atoms with Crippen LogP contribution in [0.5, 0.6) is 0 Å². The van der Waals surface area contributed by atoms with E-state index in [4.69, 9.17) is 23.2 Å². The molecule has 1 aromatic heterocycles. The highest BCUT2D eigenvalue weighted by Gasteiger charge is 2.12. The summed E-state index contributed by atoms with van der Waals surface area (Å²) in [7, 11) is 0. The molecule has 0 aromatic carbocycles. The molecule has 0 spiro atoms. The highest BCUT2D eigenvalue weighted by Crippen LogP contribution is 2.16. The Morgan fingerprint density at radius 2 is 1.45 bits per heavy atom. The number of rotatable bonds is 1. The first kappa shape index (κ1) is 8.55. The van der Waals surface area contributed by atoms with Crippen LogP contribution >= 0.6 is 23.2 Å². The third-order valence-corrected chi connectivity index (χ3v) is 1.13. The quantitative estimate of drug-likeness (QED) is 0.696. The second kappa shape index (κ2) is 3.23. The number of aromatic nitrogens is 3. The van der Waals surface area contributed by atoms with E-state index in [1.165, 1.54) is 0 Å². The smallest absolute Gasteiger partial charge is 0.201 e. The van der Waals surface area contributed by atoms with Crippen molar-refractivity contribution in [1.82, 2.24) is 15.0 Å². The maximum atomic E-state index is 11.9. The molecule has 0 amide bonds. The largest absolute Gasteiger partial charge is 0.297 e. The Hall–Kier alpha value is -0.550. The van der Waals surface area contributed by atoms with Gasteiger partial charge in [-0.05, 0) is 23.2 Å². The summed E-state index contributed by atoms with van der Waals surface area (Å²) < 4.78 is 23.7. The SMILES string of the molecule is FC(F)c1nc(Cl)nc(Cl)n1. The molecule has 3 nitrogen and oxygen atoms in total. The first-order valence-electron chi connectivity index (χ1n) is 2.44. The van der Waals surface area contributed by atoms with E-state index in [0.717, 1.165) is 0 Å². The summed E-state index contributed by atoms with van der Waals surface area (Å²) in [6.07, 6.45) is -2.78. The molecule has 1 aromatic rings. The van der Waals surface area contributed by atoms with Crippen molar-refractivity contribution in [2.45, 2.75) is 6.43 Å². The zero-order chi connectivity index (χ0) is 8.43. The minimum Gasteiger partial charge on any atom is -0.201 e. The lowest BCUT2D eigenvalue weighted by Gasteiger charge is -1.96. The lowest BCUT2D eigenvalue weighted by molar-refractivity contribution is 0.140. The number of alkyl halides is 2. The Kier molecular flexibility index (Phi) is 2.51. The number of halogens is 4. The number of hydrogen-bond donors (Lipinski definition) is 0. The summed E-state index contributed by atoms with van der Waals surface area (Å²) in [5.74, 6) is -0.713. The maximum Gasteiger partial charge on any atom is 0.297 e. The summed E-state index contributed by atoms with van der Waals surface area (Å²) in [5, 5.41) is -0.666. The predicted molar refractivity (Wildman–Crippen MR) is 34.8 cm³/mol. The Bertz CT molecular complexity index is 247. The zero-order valence-corrected chi connectivity index (χ0v) is 6.44. The first-order chi connectivity index (χ1) is 5.09. The van der Waals surface area contributed by atoms with Gasteiger partial charge in [0.25, 0.3) is 6.43 Å². The topological polar surface area (TPSA) is 38.7 Å². The van der Waals surface area contributed by atoms with Crippen molar-refractivity contribution >= 4 is 23.2 Å². The third kappa shape index (κ3) is 2.20. The number of hydrogen-bond acceptors (Lipinski definition) is 3. The molecule has 0 saturated carbocycles. The van der Waals surface area contributed by atoms with Gasteiger partial charge in [0.2, 0.25) is 16.4 Å². The Morgan fingerprint density at radius 3 is 1.82 bits per heavy atom. The van der Waals surface area contributed by atoms with Gasteiger partial charge in [0, 0.05) is 0 Å². The van der Waals surface area contributed by atoms with E-state index in [1.54, 1.807) is 0 Å². The van der Waals surface area contributed by atoms with Crippen LogP contribution in [0.2, 0.25) is 10.6 Å².